The van der Waals surface area contributed by atoms with Gasteiger partial charge in [0.05, 0.1) is 19.0 Å². The maximum Gasteiger partial charge on any atom is 0.227 e. The van der Waals surface area contributed by atoms with E-state index in [-0.39, 0.29) is 11.7 Å². The smallest absolute Gasteiger partial charge is 0.227 e. The minimum Gasteiger partial charge on any atom is -0.378 e. The summed E-state index contributed by atoms with van der Waals surface area (Å²) in [5.41, 5.74) is 2.25. The van der Waals surface area contributed by atoms with Crippen molar-refractivity contribution in [3.05, 3.63) is 42.2 Å². The minimum absolute atomic E-state index is 0.184. The first-order valence-corrected chi connectivity index (χ1v) is 13.2. The molecule has 2 aromatic heterocycles. The fourth-order valence-electron chi connectivity index (χ4n) is 4.48. The van der Waals surface area contributed by atoms with Crippen molar-refractivity contribution < 1.29 is 13.2 Å². The Morgan fingerprint density at radius 1 is 1.06 bits per heavy atom. The molecule has 0 aliphatic carbocycles. The van der Waals surface area contributed by atoms with Crippen molar-refractivity contribution in [3.63, 3.8) is 0 Å². The maximum atomic E-state index is 11.6. The molecule has 0 bridgehead atoms. The lowest BCUT2D eigenvalue weighted by Crippen LogP contribution is -2.49. The van der Waals surface area contributed by atoms with E-state index in [2.05, 4.69) is 49.1 Å². The van der Waals surface area contributed by atoms with Crippen LogP contribution in [-0.2, 0) is 14.6 Å². The van der Waals surface area contributed by atoms with Crippen molar-refractivity contribution >= 4 is 43.9 Å². The summed E-state index contributed by atoms with van der Waals surface area (Å²) < 4.78 is 28.6. The van der Waals surface area contributed by atoms with E-state index in [4.69, 9.17) is 4.74 Å². The average Bonchev–Trinajstić information content (AvgIpc) is 2.77. The lowest BCUT2D eigenvalue weighted by molar-refractivity contribution is 0.122. The SMILES string of the molecule is Cc1ccc(N2CC(CS(C)(=O)=O)C2)c2cnc(Nc3ccnc(N4CCOCC4)n3)cc12. The van der Waals surface area contributed by atoms with Gasteiger partial charge in [-0.15, -0.1) is 0 Å². The Hall–Kier alpha value is -2.98. The second-order valence-electron chi connectivity index (χ2n) is 8.85. The van der Waals surface area contributed by atoms with Gasteiger partial charge in [-0.05, 0) is 36.1 Å². The van der Waals surface area contributed by atoms with Crippen LogP contribution in [0.4, 0.5) is 23.3 Å². The van der Waals surface area contributed by atoms with Crippen molar-refractivity contribution in [2.75, 3.05) is 66.5 Å². The highest BCUT2D eigenvalue weighted by atomic mass is 32.2. The molecule has 1 aromatic carbocycles. The zero-order valence-electron chi connectivity index (χ0n) is 18.9. The summed E-state index contributed by atoms with van der Waals surface area (Å²) in [6, 6.07) is 8.08. The van der Waals surface area contributed by atoms with Crippen LogP contribution in [-0.4, -0.2) is 74.8 Å². The van der Waals surface area contributed by atoms with E-state index in [0.29, 0.717) is 30.8 Å². The quantitative estimate of drug-likeness (QED) is 0.584. The lowest BCUT2D eigenvalue weighted by atomic mass is 9.98. The van der Waals surface area contributed by atoms with Crippen molar-refractivity contribution in [1.82, 2.24) is 15.0 Å². The number of hydrogen-bond acceptors (Lipinski definition) is 9. The summed E-state index contributed by atoms with van der Waals surface area (Å²) in [6.45, 7) is 6.50. The minimum atomic E-state index is -2.95. The number of aryl methyl sites for hydroxylation is 1. The van der Waals surface area contributed by atoms with Crippen molar-refractivity contribution in [3.8, 4) is 0 Å². The van der Waals surface area contributed by atoms with Crippen LogP contribution in [0, 0.1) is 12.8 Å². The number of fused-ring (bicyclic) bond motifs is 1. The van der Waals surface area contributed by atoms with Crippen LogP contribution in [0.15, 0.2) is 36.7 Å². The summed E-state index contributed by atoms with van der Waals surface area (Å²) in [5, 5.41) is 5.49. The summed E-state index contributed by atoms with van der Waals surface area (Å²) >= 11 is 0. The van der Waals surface area contributed by atoms with Gasteiger partial charge in [-0.25, -0.2) is 18.4 Å². The third-order valence-corrected chi connectivity index (χ3v) is 7.20. The molecule has 10 heteroatoms. The number of ether oxygens (including phenoxy) is 1. The topological polar surface area (TPSA) is 101 Å². The fraction of sp³-hybridized carbons (Fsp3) is 0.435. The number of sulfone groups is 1. The molecule has 4 heterocycles. The van der Waals surface area contributed by atoms with E-state index in [1.165, 1.54) is 6.26 Å². The molecular formula is C23H28N6O3S. The Labute approximate surface area is 193 Å². The van der Waals surface area contributed by atoms with E-state index in [1.807, 2.05) is 18.3 Å². The number of pyridine rings is 1. The molecule has 2 aliphatic heterocycles. The van der Waals surface area contributed by atoms with Gasteiger partial charge >= 0.3 is 0 Å². The Balaban J connectivity index is 1.35. The molecule has 174 valence electrons. The first-order valence-electron chi connectivity index (χ1n) is 11.1. The molecule has 0 saturated carbocycles. The zero-order chi connectivity index (χ0) is 23.0. The Kier molecular flexibility index (Phi) is 5.79. The highest BCUT2D eigenvalue weighted by Crippen LogP contribution is 2.34. The molecule has 33 heavy (non-hydrogen) atoms. The fourth-order valence-corrected chi connectivity index (χ4v) is 5.55. The average molecular weight is 469 g/mol. The van der Waals surface area contributed by atoms with Gasteiger partial charge in [-0.1, -0.05) is 6.07 Å². The number of rotatable bonds is 6. The Bertz CT molecular complexity index is 1270. The number of anilines is 4. The molecule has 0 radical (unpaired) electrons. The number of hydrogen-bond donors (Lipinski definition) is 1. The monoisotopic (exact) mass is 468 g/mol. The highest BCUT2D eigenvalue weighted by molar-refractivity contribution is 7.90. The van der Waals surface area contributed by atoms with Crippen LogP contribution >= 0.6 is 0 Å². The predicted molar refractivity (Wildman–Crippen MR) is 130 cm³/mol. The molecule has 0 unspecified atom stereocenters. The molecule has 2 aliphatic rings. The van der Waals surface area contributed by atoms with Crippen molar-refractivity contribution in [2.45, 2.75) is 6.92 Å². The van der Waals surface area contributed by atoms with E-state index < -0.39 is 9.84 Å². The number of nitrogens with one attached hydrogen (secondary N) is 1. The van der Waals surface area contributed by atoms with Crippen molar-refractivity contribution in [1.29, 1.82) is 0 Å². The van der Waals surface area contributed by atoms with Gasteiger partial charge in [0.15, 0.2) is 0 Å². The van der Waals surface area contributed by atoms with Gasteiger partial charge in [0.25, 0.3) is 0 Å². The number of morpholine rings is 1. The second-order valence-corrected chi connectivity index (χ2v) is 11.0. The molecule has 9 nitrogen and oxygen atoms in total. The largest absolute Gasteiger partial charge is 0.378 e. The maximum absolute atomic E-state index is 11.6. The Morgan fingerprint density at radius 3 is 2.61 bits per heavy atom. The summed E-state index contributed by atoms with van der Waals surface area (Å²) in [5.74, 6) is 2.52. The summed E-state index contributed by atoms with van der Waals surface area (Å²) in [7, 11) is -2.95. The molecule has 2 fully saturated rings. The van der Waals surface area contributed by atoms with Gasteiger partial charge in [0, 0.05) is 61.8 Å². The molecule has 0 amide bonds. The van der Waals surface area contributed by atoms with Gasteiger partial charge in [-0.3, -0.25) is 0 Å². The van der Waals surface area contributed by atoms with E-state index >= 15 is 0 Å². The number of nitrogens with zero attached hydrogens (tertiary/aromatic N) is 5. The molecule has 3 aromatic rings. The van der Waals surface area contributed by atoms with Crippen LogP contribution in [0.25, 0.3) is 10.8 Å². The van der Waals surface area contributed by atoms with E-state index in [9.17, 15) is 8.42 Å². The molecular weight excluding hydrogens is 440 g/mol. The van der Waals surface area contributed by atoms with Crippen molar-refractivity contribution in [2.24, 2.45) is 5.92 Å². The highest BCUT2D eigenvalue weighted by Gasteiger charge is 2.30. The van der Waals surface area contributed by atoms with Gasteiger partial charge < -0.3 is 19.9 Å². The predicted octanol–water partition coefficient (Wildman–Crippen LogP) is 2.39. The second kappa shape index (κ2) is 8.75. The molecule has 0 spiro atoms. The van der Waals surface area contributed by atoms with Gasteiger partial charge in [0.2, 0.25) is 5.95 Å². The normalized spacial score (nSPS) is 17.3. The van der Waals surface area contributed by atoms with Crippen LogP contribution in [0.1, 0.15) is 5.56 Å². The third-order valence-electron chi connectivity index (χ3n) is 6.13. The molecule has 2 saturated heterocycles. The number of aromatic nitrogens is 3. The van der Waals surface area contributed by atoms with E-state index in [0.717, 1.165) is 48.2 Å². The molecule has 5 rings (SSSR count). The Morgan fingerprint density at radius 2 is 1.85 bits per heavy atom. The van der Waals surface area contributed by atoms with Crippen LogP contribution in [0.3, 0.4) is 0 Å². The van der Waals surface area contributed by atoms with Crippen LogP contribution < -0.4 is 15.1 Å². The molecule has 1 N–H and O–H groups in total. The van der Waals surface area contributed by atoms with Gasteiger partial charge in [-0.2, -0.15) is 4.98 Å². The number of benzene rings is 1. The van der Waals surface area contributed by atoms with Crippen LogP contribution in [0.2, 0.25) is 0 Å². The van der Waals surface area contributed by atoms with E-state index in [1.54, 1.807) is 6.20 Å². The first-order chi connectivity index (χ1) is 15.9. The lowest BCUT2D eigenvalue weighted by Gasteiger charge is -2.41. The first kappa shape index (κ1) is 21.8. The third kappa shape index (κ3) is 4.86. The zero-order valence-corrected chi connectivity index (χ0v) is 19.7. The molecule has 0 atom stereocenters. The van der Waals surface area contributed by atoms with Crippen LogP contribution in [0.5, 0.6) is 0 Å². The summed E-state index contributed by atoms with van der Waals surface area (Å²) in [4.78, 5) is 18.0. The summed E-state index contributed by atoms with van der Waals surface area (Å²) in [6.07, 6.45) is 4.94. The standard InChI is InChI=1S/C23H28N6O3S/c1-16-3-4-20(29-13-17(14-29)15-33(2,30)31)19-12-25-22(11-18(16)19)26-21-5-6-24-23(27-21)28-7-9-32-10-8-28/h3-6,11-12,17H,7-10,13-15H2,1-2H3,(H,24,25,26,27). The van der Waals surface area contributed by atoms with Gasteiger partial charge in [0.1, 0.15) is 21.5 Å².